The van der Waals surface area contributed by atoms with Crippen LogP contribution in [0.3, 0.4) is 0 Å². The number of aliphatic hydroxyl groups excluding tert-OH is 1. The lowest BCUT2D eigenvalue weighted by atomic mass is 10.0. The first-order valence-electron chi connectivity index (χ1n) is 6.93. The quantitative estimate of drug-likeness (QED) is 0.717. The van der Waals surface area contributed by atoms with E-state index in [0.29, 0.717) is 25.9 Å². The van der Waals surface area contributed by atoms with E-state index in [2.05, 4.69) is 10.6 Å². The van der Waals surface area contributed by atoms with E-state index in [4.69, 9.17) is 0 Å². The molecule has 2 amide bonds. The third-order valence-corrected chi connectivity index (χ3v) is 3.08. The van der Waals surface area contributed by atoms with Crippen molar-refractivity contribution in [2.45, 2.75) is 32.8 Å². The second-order valence-electron chi connectivity index (χ2n) is 5.16. The Labute approximate surface area is 119 Å². The molecule has 3 N–H and O–H groups in total. The molecule has 1 atom stereocenters. The molecule has 1 aromatic rings. The molecule has 20 heavy (non-hydrogen) atoms. The van der Waals surface area contributed by atoms with E-state index in [1.807, 2.05) is 19.9 Å². The molecule has 0 aliphatic heterocycles. The smallest absolute Gasteiger partial charge is 0.314 e. The topological polar surface area (TPSA) is 61.4 Å². The maximum Gasteiger partial charge on any atom is 0.314 e. The highest BCUT2D eigenvalue weighted by Gasteiger charge is 2.09. The molecule has 0 aromatic heterocycles. The van der Waals surface area contributed by atoms with E-state index in [9.17, 15) is 14.3 Å². The number of hydrogen-bond acceptors (Lipinski definition) is 2. The van der Waals surface area contributed by atoms with Crippen LogP contribution in [-0.4, -0.2) is 30.3 Å². The van der Waals surface area contributed by atoms with Gasteiger partial charge in [0.05, 0.1) is 6.10 Å². The van der Waals surface area contributed by atoms with Crippen molar-refractivity contribution in [3.63, 3.8) is 0 Å². The normalized spacial score (nSPS) is 12.2. The van der Waals surface area contributed by atoms with Gasteiger partial charge in [-0.25, -0.2) is 9.18 Å². The number of rotatable bonds is 7. The average Bonchev–Trinajstić information content (AvgIpc) is 2.38. The average molecular weight is 282 g/mol. The molecular weight excluding hydrogens is 259 g/mol. The molecule has 1 aromatic carbocycles. The summed E-state index contributed by atoms with van der Waals surface area (Å²) in [6, 6.07) is 6.06. The van der Waals surface area contributed by atoms with Gasteiger partial charge in [-0.1, -0.05) is 26.0 Å². The molecule has 5 heteroatoms. The molecule has 0 aliphatic rings. The van der Waals surface area contributed by atoms with Crippen molar-refractivity contribution in [2.24, 2.45) is 5.92 Å². The highest BCUT2D eigenvalue weighted by molar-refractivity contribution is 5.73. The molecule has 0 fully saturated rings. The van der Waals surface area contributed by atoms with Gasteiger partial charge in [0.25, 0.3) is 0 Å². The Morgan fingerprint density at radius 2 is 2.00 bits per heavy atom. The summed E-state index contributed by atoms with van der Waals surface area (Å²) in [6.07, 6.45) is 0.719. The van der Waals surface area contributed by atoms with Crippen molar-refractivity contribution in [1.29, 1.82) is 0 Å². The molecule has 0 spiro atoms. The third-order valence-electron chi connectivity index (χ3n) is 3.08. The van der Waals surface area contributed by atoms with E-state index >= 15 is 0 Å². The first-order valence-corrected chi connectivity index (χ1v) is 6.93. The second-order valence-corrected chi connectivity index (χ2v) is 5.16. The fourth-order valence-electron chi connectivity index (χ4n) is 1.74. The highest BCUT2D eigenvalue weighted by Crippen LogP contribution is 2.04. The fraction of sp³-hybridized carbons (Fsp3) is 0.533. The summed E-state index contributed by atoms with van der Waals surface area (Å²) >= 11 is 0. The van der Waals surface area contributed by atoms with E-state index in [1.165, 1.54) is 12.1 Å². The zero-order chi connectivity index (χ0) is 15.0. The minimum atomic E-state index is -0.400. The molecule has 0 heterocycles. The zero-order valence-electron chi connectivity index (χ0n) is 12.0. The largest absolute Gasteiger partial charge is 0.393 e. The summed E-state index contributed by atoms with van der Waals surface area (Å²) in [5.41, 5.74) is 0.848. The lowest BCUT2D eigenvalue weighted by Gasteiger charge is -2.14. The van der Waals surface area contributed by atoms with Gasteiger partial charge in [-0.05, 0) is 36.5 Å². The third kappa shape index (κ3) is 6.52. The molecule has 0 aliphatic carbocycles. The van der Waals surface area contributed by atoms with Crippen LogP contribution in [0.1, 0.15) is 25.8 Å². The van der Waals surface area contributed by atoms with Crippen molar-refractivity contribution in [3.05, 3.63) is 35.6 Å². The van der Waals surface area contributed by atoms with Gasteiger partial charge in [-0.15, -0.1) is 0 Å². The Kier molecular flexibility index (Phi) is 7.01. The lowest BCUT2D eigenvalue weighted by molar-refractivity contribution is 0.116. The van der Waals surface area contributed by atoms with Crippen LogP contribution < -0.4 is 10.6 Å². The second kappa shape index (κ2) is 8.53. The van der Waals surface area contributed by atoms with Crippen molar-refractivity contribution >= 4 is 6.03 Å². The summed E-state index contributed by atoms with van der Waals surface area (Å²) < 4.78 is 12.9. The van der Waals surface area contributed by atoms with Gasteiger partial charge in [0.1, 0.15) is 5.82 Å². The molecule has 1 unspecified atom stereocenters. The van der Waals surface area contributed by atoms with Crippen LogP contribution in [-0.2, 0) is 6.42 Å². The Balaban J connectivity index is 2.14. The van der Waals surface area contributed by atoms with E-state index < -0.39 is 6.10 Å². The maximum atomic E-state index is 12.9. The molecule has 0 saturated carbocycles. The lowest BCUT2D eigenvalue weighted by Crippen LogP contribution is -2.38. The predicted molar refractivity (Wildman–Crippen MR) is 77.0 cm³/mol. The Bertz CT molecular complexity index is 424. The highest BCUT2D eigenvalue weighted by atomic mass is 19.1. The van der Waals surface area contributed by atoms with Gasteiger partial charge in [0.15, 0.2) is 0 Å². The Morgan fingerprint density at radius 3 is 2.65 bits per heavy atom. The number of urea groups is 1. The first-order chi connectivity index (χ1) is 9.49. The van der Waals surface area contributed by atoms with Crippen LogP contribution in [0.2, 0.25) is 0 Å². The summed E-state index contributed by atoms with van der Waals surface area (Å²) in [7, 11) is 0. The molecule has 112 valence electrons. The van der Waals surface area contributed by atoms with E-state index in [-0.39, 0.29) is 17.8 Å². The standard InChI is InChI=1S/C15H23FN2O2/c1-11(2)14(19)7-9-18-15(20)17-8-6-12-4-3-5-13(16)10-12/h3-5,10-11,14,19H,6-9H2,1-2H3,(H2,17,18,20). The predicted octanol–water partition coefficient (Wildman–Crippen LogP) is 2.07. The van der Waals surface area contributed by atoms with Crippen molar-refractivity contribution in [3.8, 4) is 0 Å². The van der Waals surface area contributed by atoms with Crippen molar-refractivity contribution in [1.82, 2.24) is 10.6 Å². The minimum absolute atomic E-state index is 0.188. The summed E-state index contributed by atoms with van der Waals surface area (Å²) in [6.45, 7) is 4.75. The number of aliphatic hydroxyl groups is 1. The maximum absolute atomic E-state index is 12.9. The van der Waals surface area contributed by atoms with E-state index in [1.54, 1.807) is 6.07 Å². The van der Waals surface area contributed by atoms with Crippen molar-refractivity contribution < 1.29 is 14.3 Å². The molecule has 1 rings (SSSR count). The van der Waals surface area contributed by atoms with E-state index in [0.717, 1.165) is 5.56 Å². The van der Waals surface area contributed by atoms with Crippen LogP contribution >= 0.6 is 0 Å². The molecule has 4 nitrogen and oxygen atoms in total. The van der Waals surface area contributed by atoms with Gasteiger partial charge in [0, 0.05) is 13.1 Å². The van der Waals surface area contributed by atoms with Gasteiger partial charge in [-0.2, -0.15) is 0 Å². The number of carbonyl (C=O) groups is 1. The number of nitrogens with one attached hydrogen (secondary N) is 2. The van der Waals surface area contributed by atoms with Crippen molar-refractivity contribution in [2.75, 3.05) is 13.1 Å². The van der Waals surface area contributed by atoms with Crippen LogP contribution in [0.5, 0.6) is 0 Å². The monoisotopic (exact) mass is 282 g/mol. The molecular formula is C15H23FN2O2. The number of amides is 2. The Hall–Kier alpha value is -1.62. The Morgan fingerprint density at radius 1 is 1.30 bits per heavy atom. The zero-order valence-corrected chi connectivity index (χ0v) is 12.0. The van der Waals surface area contributed by atoms with Gasteiger partial charge in [0.2, 0.25) is 0 Å². The molecule has 0 radical (unpaired) electrons. The number of hydrogen-bond donors (Lipinski definition) is 3. The van der Waals surface area contributed by atoms with Crippen LogP contribution in [0.4, 0.5) is 9.18 Å². The number of carbonyl (C=O) groups excluding carboxylic acids is 1. The van der Waals surface area contributed by atoms with Crippen LogP contribution in [0, 0.1) is 11.7 Å². The molecule has 0 bridgehead atoms. The minimum Gasteiger partial charge on any atom is -0.393 e. The number of benzene rings is 1. The molecule has 0 saturated heterocycles. The fourth-order valence-corrected chi connectivity index (χ4v) is 1.74. The van der Waals surface area contributed by atoms with Gasteiger partial charge < -0.3 is 15.7 Å². The summed E-state index contributed by atoms with van der Waals surface area (Å²) in [4.78, 5) is 11.5. The summed E-state index contributed by atoms with van der Waals surface area (Å²) in [5.74, 6) is -0.0811. The van der Waals surface area contributed by atoms with Crippen LogP contribution in [0.25, 0.3) is 0 Å². The van der Waals surface area contributed by atoms with Gasteiger partial charge in [-0.3, -0.25) is 0 Å². The van der Waals surface area contributed by atoms with Gasteiger partial charge >= 0.3 is 6.03 Å². The SMILES string of the molecule is CC(C)C(O)CCNC(=O)NCCc1cccc(F)c1. The van der Waals surface area contributed by atoms with Crippen LogP contribution in [0.15, 0.2) is 24.3 Å². The number of halogens is 1. The summed E-state index contributed by atoms with van der Waals surface area (Å²) in [5, 5.41) is 15.0. The first kappa shape index (κ1) is 16.4.